The van der Waals surface area contributed by atoms with Crippen LogP contribution in [-0.2, 0) is 4.79 Å². The first-order chi connectivity index (χ1) is 15.9. The molecule has 8 nitrogen and oxygen atoms in total. The van der Waals surface area contributed by atoms with E-state index in [0.29, 0.717) is 22.7 Å². The summed E-state index contributed by atoms with van der Waals surface area (Å²) in [6, 6.07) is 9.37. The Hall–Kier alpha value is -3.26. The maximum Gasteiger partial charge on any atom is 0.256 e. The summed E-state index contributed by atoms with van der Waals surface area (Å²) in [5, 5.41) is 24.3. The lowest BCUT2D eigenvalue weighted by atomic mass is 9.69. The molecular formula is C25H27N5O3. The monoisotopic (exact) mass is 445 g/mol. The molecule has 2 fully saturated rings. The van der Waals surface area contributed by atoms with Crippen LogP contribution in [0.2, 0.25) is 0 Å². The van der Waals surface area contributed by atoms with Crippen molar-refractivity contribution in [1.82, 2.24) is 19.9 Å². The first-order valence-corrected chi connectivity index (χ1v) is 11.7. The molecule has 2 N–H and O–H groups in total. The van der Waals surface area contributed by atoms with E-state index >= 15 is 0 Å². The summed E-state index contributed by atoms with van der Waals surface area (Å²) in [5.74, 6) is 0.172. The molecule has 2 aromatic carbocycles. The molecule has 3 aromatic rings. The van der Waals surface area contributed by atoms with Gasteiger partial charge in [0, 0.05) is 35.1 Å². The van der Waals surface area contributed by atoms with Gasteiger partial charge in [-0.25, -0.2) is 4.68 Å². The Kier molecular flexibility index (Phi) is 4.55. The van der Waals surface area contributed by atoms with Gasteiger partial charge in [0.2, 0.25) is 5.91 Å². The minimum Gasteiger partial charge on any atom is -0.382 e. The van der Waals surface area contributed by atoms with Crippen molar-refractivity contribution in [2.75, 3.05) is 18.4 Å². The van der Waals surface area contributed by atoms with Gasteiger partial charge in [-0.1, -0.05) is 36.8 Å². The molecule has 0 radical (unpaired) electrons. The molecule has 1 saturated carbocycles. The average molecular weight is 446 g/mol. The number of nitrogens with one attached hydrogen (secondary N) is 1. The van der Waals surface area contributed by atoms with E-state index in [-0.39, 0.29) is 17.4 Å². The number of carbonyl (C=O) groups is 2. The molecule has 2 amide bonds. The van der Waals surface area contributed by atoms with Crippen molar-refractivity contribution in [3.63, 3.8) is 0 Å². The van der Waals surface area contributed by atoms with Gasteiger partial charge in [-0.2, -0.15) is 0 Å². The number of piperidine rings is 1. The van der Waals surface area contributed by atoms with Crippen LogP contribution >= 0.6 is 0 Å². The van der Waals surface area contributed by atoms with Crippen molar-refractivity contribution >= 4 is 28.3 Å². The number of benzene rings is 2. The molecule has 170 valence electrons. The third-order valence-electron chi connectivity index (χ3n) is 7.77. The smallest absolute Gasteiger partial charge is 0.256 e. The van der Waals surface area contributed by atoms with Crippen LogP contribution in [0.3, 0.4) is 0 Å². The topological polar surface area (TPSA) is 100 Å². The van der Waals surface area contributed by atoms with E-state index in [0.717, 1.165) is 61.7 Å². The Morgan fingerprint density at radius 3 is 2.73 bits per heavy atom. The number of aromatic nitrogens is 3. The molecule has 0 spiro atoms. The van der Waals surface area contributed by atoms with Crippen LogP contribution in [0.15, 0.2) is 36.5 Å². The van der Waals surface area contributed by atoms with Gasteiger partial charge in [-0.05, 0) is 48.8 Å². The van der Waals surface area contributed by atoms with Gasteiger partial charge in [-0.3, -0.25) is 9.59 Å². The van der Waals surface area contributed by atoms with E-state index in [9.17, 15) is 14.7 Å². The predicted octanol–water partition coefficient (Wildman–Crippen LogP) is 3.43. The van der Waals surface area contributed by atoms with Gasteiger partial charge in [0.05, 0.1) is 12.2 Å². The quantitative estimate of drug-likeness (QED) is 0.641. The first kappa shape index (κ1) is 20.4. The van der Waals surface area contributed by atoms with Crippen LogP contribution in [0.1, 0.15) is 72.8 Å². The number of aliphatic hydroxyl groups is 1. The first-order valence-electron chi connectivity index (χ1n) is 11.7. The number of likely N-dealkylation sites (tertiary alicyclic amines) is 1. The normalized spacial score (nSPS) is 20.5. The van der Waals surface area contributed by atoms with Crippen LogP contribution in [0, 0.1) is 5.41 Å². The van der Waals surface area contributed by atoms with Crippen molar-refractivity contribution in [2.24, 2.45) is 5.41 Å². The van der Waals surface area contributed by atoms with Crippen molar-refractivity contribution in [2.45, 2.75) is 51.2 Å². The largest absolute Gasteiger partial charge is 0.382 e. The number of nitrogens with zero attached hydrogens (tertiary/aromatic N) is 4. The summed E-state index contributed by atoms with van der Waals surface area (Å²) >= 11 is 0. The van der Waals surface area contributed by atoms with Gasteiger partial charge >= 0.3 is 0 Å². The van der Waals surface area contributed by atoms with E-state index < -0.39 is 6.10 Å². The highest BCUT2D eigenvalue weighted by atomic mass is 16.3. The maximum atomic E-state index is 12.8. The van der Waals surface area contributed by atoms with Gasteiger partial charge in [-0.15, -0.1) is 5.10 Å². The van der Waals surface area contributed by atoms with Gasteiger partial charge in [0.15, 0.2) is 0 Å². The number of aliphatic hydroxyl groups excluding tert-OH is 1. The molecule has 1 aromatic heterocycles. The van der Waals surface area contributed by atoms with E-state index in [2.05, 4.69) is 22.6 Å². The zero-order valence-electron chi connectivity index (χ0n) is 18.6. The standard InChI is InChI=1S/C25H27N5O3/c1-25(10-3-11-25)24(33)29-12-8-15(9-13-29)30-14-20(27-28-30)22(31)17-6-7-19-21-16(17)4-2-5-18(21)23(32)26-19/h2,4-7,14-15,22,31H,3,8-13H2,1H3,(H,26,32). The van der Waals surface area contributed by atoms with Crippen molar-refractivity contribution in [3.8, 4) is 0 Å². The second-order valence-corrected chi connectivity index (χ2v) is 9.85. The lowest BCUT2D eigenvalue weighted by Crippen LogP contribution is -2.49. The Morgan fingerprint density at radius 1 is 1.21 bits per heavy atom. The average Bonchev–Trinajstić information content (AvgIpc) is 3.43. The summed E-state index contributed by atoms with van der Waals surface area (Å²) in [5.41, 5.74) is 2.42. The summed E-state index contributed by atoms with van der Waals surface area (Å²) in [7, 11) is 0. The molecule has 0 bridgehead atoms. The number of carbonyl (C=O) groups excluding carboxylic acids is 2. The van der Waals surface area contributed by atoms with Crippen LogP contribution in [0.25, 0.3) is 10.8 Å². The predicted molar refractivity (Wildman–Crippen MR) is 123 cm³/mol. The highest BCUT2D eigenvalue weighted by Gasteiger charge is 2.42. The van der Waals surface area contributed by atoms with Gasteiger partial charge < -0.3 is 15.3 Å². The minimum atomic E-state index is -0.945. The Labute approximate surface area is 191 Å². The van der Waals surface area contributed by atoms with Crippen LogP contribution < -0.4 is 5.32 Å². The summed E-state index contributed by atoms with van der Waals surface area (Å²) in [6.45, 7) is 3.54. The van der Waals surface area contributed by atoms with E-state index in [1.54, 1.807) is 6.07 Å². The van der Waals surface area contributed by atoms with Crippen molar-refractivity contribution < 1.29 is 14.7 Å². The highest BCUT2D eigenvalue weighted by Crippen LogP contribution is 2.43. The summed E-state index contributed by atoms with van der Waals surface area (Å²) in [4.78, 5) is 27.0. The third-order valence-corrected chi connectivity index (χ3v) is 7.77. The van der Waals surface area contributed by atoms with Crippen LogP contribution in [0.4, 0.5) is 5.69 Å². The molecule has 2 aliphatic heterocycles. The molecule has 3 heterocycles. The summed E-state index contributed by atoms with van der Waals surface area (Å²) < 4.78 is 1.83. The maximum absolute atomic E-state index is 12.8. The van der Waals surface area contributed by atoms with E-state index in [1.165, 1.54) is 0 Å². The Balaban J connectivity index is 1.20. The second-order valence-electron chi connectivity index (χ2n) is 9.85. The Morgan fingerprint density at radius 2 is 2.00 bits per heavy atom. The number of amides is 2. The lowest BCUT2D eigenvalue weighted by Gasteiger charge is -2.43. The van der Waals surface area contributed by atoms with Crippen LogP contribution in [-0.4, -0.2) is 49.9 Å². The number of anilines is 1. The molecule has 33 heavy (non-hydrogen) atoms. The van der Waals surface area contributed by atoms with Gasteiger partial charge in [0.1, 0.15) is 11.8 Å². The van der Waals surface area contributed by atoms with Crippen molar-refractivity contribution in [3.05, 3.63) is 53.3 Å². The molecule has 1 unspecified atom stereocenters. The van der Waals surface area contributed by atoms with Gasteiger partial charge in [0.25, 0.3) is 5.91 Å². The summed E-state index contributed by atoms with van der Waals surface area (Å²) in [6.07, 6.45) is 5.67. The fourth-order valence-electron chi connectivity index (χ4n) is 5.54. The fourth-order valence-corrected chi connectivity index (χ4v) is 5.54. The SMILES string of the molecule is CC1(C(=O)N2CCC(n3cc(C(O)c4ccc5c6c(cccc46)C(=O)N5)nn3)CC2)CCC1. The molecule has 1 saturated heterocycles. The molecule has 1 aliphatic carbocycles. The molecule has 3 aliphatic rings. The van der Waals surface area contributed by atoms with Crippen LogP contribution in [0.5, 0.6) is 0 Å². The minimum absolute atomic E-state index is 0.121. The molecule has 8 heteroatoms. The fraction of sp³-hybridized carbons (Fsp3) is 0.440. The lowest BCUT2D eigenvalue weighted by molar-refractivity contribution is -0.147. The van der Waals surface area contributed by atoms with E-state index in [1.807, 2.05) is 40.0 Å². The Bertz CT molecular complexity index is 1270. The molecule has 6 rings (SSSR count). The van der Waals surface area contributed by atoms with Crippen molar-refractivity contribution in [1.29, 1.82) is 0 Å². The number of hydrogen-bond donors (Lipinski definition) is 2. The molecular weight excluding hydrogens is 418 g/mol. The van der Waals surface area contributed by atoms with E-state index in [4.69, 9.17) is 0 Å². The molecule has 1 atom stereocenters. The zero-order chi connectivity index (χ0) is 22.7. The third kappa shape index (κ3) is 3.15. The number of rotatable bonds is 4. The highest BCUT2D eigenvalue weighted by molar-refractivity contribution is 6.24. The zero-order valence-corrected chi connectivity index (χ0v) is 18.6. The number of hydrogen-bond acceptors (Lipinski definition) is 5. The second kappa shape index (κ2) is 7.38.